The van der Waals surface area contributed by atoms with Crippen molar-refractivity contribution in [2.75, 3.05) is 0 Å². The third-order valence-electron chi connectivity index (χ3n) is 5.44. The monoisotopic (exact) mass is 419 g/mol. The van der Waals surface area contributed by atoms with Gasteiger partial charge in [0, 0.05) is 18.4 Å². The number of carbonyl (C=O) groups excluding carboxylic acids is 1. The first-order valence-corrected chi connectivity index (χ1v) is 10.3. The summed E-state index contributed by atoms with van der Waals surface area (Å²) in [4.78, 5) is 26.9. The van der Waals surface area contributed by atoms with Crippen LogP contribution in [0.5, 0.6) is 11.6 Å². The molecule has 7 nitrogen and oxygen atoms in total. The Bertz CT molecular complexity index is 1110. The van der Waals surface area contributed by atoms with Gasteiger partial charge in [0.05, 0.1) is 17.6 Å². The summed E-state index contributed by atoms with van der Waals surface area (Å²) in [5.41, 5.74) is 2.74. The number of carboxylic acid groups (broad SMARTS) is 1. The fraction of sp³-hybridized carbons (Fsp3) is 0.292. The number of pyridine rings is 1. The predicted molar refractivity (Wildman–Crippen MR) is 117 cm³/mol. The van der Waals surface area contributed by atoms with Crippen LogP contribution in [0.3, 0.4) is 0 Å². The normalized spacial score (nSPS) is 15.2. The molecule has 0 saturated heterocycles. The molecule has 0 bridgehead atoms. The fourth-order valence-corrected chi connectivity index (χ4v) is 3.74. The molecule has 0 radical (unpaired) electrons. The Labute approximate surface area is 180 Å². The second kappa shape index (κ2) is 8.63. The van der Waals surface area contributed by atoms with Gasteiger partial charge in [0.15, 0.2) is 0 Å². The van der Waals surface area contributed by atoms with Crippen LogP contribution in [0.2, 0.25) is 0 Å². The van der Waals surface area contributed by atoms with Crippen LogP contribution in [0.25, 0.3) is 10.9 Å². The fourth-order valence-electron chi connectivity index (χ4n) is 3.74. The Morgan fingerprint density at radius 2 is 1.74 bits per heavy atom. The summed E-state index contributed by atoms with van der Waals surface area (Å²) in [5, 5.41) is 15.5. The maximum Gasteiger partial charge on any atom is 0.405 e. The van der Waals surface area contributed by atoms with Crippen LogP contribution in [0.1, 0.15) is 49.9 Å². The molecule has 2 aromatic carbocycles. The van der Waals surface area contributed by atoms with E-state index in [1.165, 1.54) is 6.92 Å². The summed E-state index contributed by atoms with van der Waals surface area (Å²) in [6.07, 6.45) is 1.07. The van der Waals surface area contributed by atoms with Gasteiger partial charge in [-0.2, -0.15) is 0 Å². The predicted octanol–water partition coefficient (Wildman–Crippen LogP) is 4.94. The number of ether oxygens (including phenoxy) is 1. The number of nitrogens with one attached hydrogen (secondary N) is 2. The Morgan fingerprint density at radius 1 is 1.03 bits per heavy atom. The molecule has 2 unspecified atom stereocenters. The highest BCUT2D eigenvalue weighted by Crippen LogP contribution is 2.41. The van der Waals surface area contributed by atoms with Crippen molar-refractivity contribution >= 4 is 22.9 Å². The zero-order valence-corrected chi connectivity index (χ0v) is 17.5. The van der Waals surface area contributed by atoms with E-state index in [0.29, 0.717) is 17.5 Å². The highest BCUT2D eigenvalue weighted by molar-refractivity contribution is 5.80. The second-order valence-electron chi connectivity index (χ2n) is 7.96. The van der Waals surface area contributed by atoms with Crippen LogP contribution in [0.15, 0.2) is 54.6 Å². The van der Waals surface area contributed by atoms with E-state index in [9.17, 15) is 9.59 Å². The largest absolute Gasteiger partial charge is 0.465 e. The third kappa shape index (κ3) is 5.12. The van der Waals surface area contributed by atoms with Gasteiger partial charge >= 0.3 is 6.09 Å². The van der Waals surface area contributed by atoms with Crippen LogP contribution in [0, 0.1) is 5.92 Å². The molecule has 1 aromatic heterocycles. The molecule has 2 atom stereocenters. The molecule has 1 saturated carbocycles. The number of hydrogen-bond acceptors (Lipinski definition) is 4. The molecule has 3 aromatic rings. The molecular weight excluding hydrogens is 394 g/mol. The lowest BCUT2D eigenvalue weighted by Gasteiger charge is -2.17. The lowest BCUT2D eigenvalue weighted by molar-refractivity contribution is -0.119. The van der Waals surface area contributed by atoms with Gasteiger partial charge in [-0.25, -0.2) is 9.78 Å². The first-order chi connectivity index (χ1) is 14.9. The van der Waals surface area contributed by atoms with Crippen LogP contribution >= 0.6 is 0 Å². The Balaban J connectivity index is 1.48. The number of fused-ring (bicyclic) bond motifs is 1. The topological polar surface area (TPSA) is 101 Å². The van der Waals surface area contributed by atoms with Crippen molar-refractivity contribution in [3.8, 4) is 11.6 Å². The van der Waals surface area contributed by atoms with Gasteiger partial charge in [-0.15, -0.1) is 0 Å². The van der Waals surface area contributed by atoms with Gasteiger partial charge in [-0.3, -0.25) is 4.79 Å². The van der Waals surface area contributed by atoms with Gasteiger partial charge in [0.1, 0.15) is 5.75 Å². The van der Waals surface area contributed by atoms with E-state index in [0.717, 1.165) is 34.9 Å². The quantitative estimate of drug-likeness (QED) is 0.503. The average Bonchev–Trinajstić information content (AvgIpc) is 3.57. The maximum atomic E-state index is 11.3. The first-order valence-electron chi connectivity index (χ1n) is 10.3. The van der Waals surface area contributed by atoms with Crippen LogP contribution < -0.4 is 15.4 Å². The van der Waals surface area contributed by atoms with Crippen molar-refractivity contribution in [3.63, 3.8) is 0 Å². The minimum Gasteiger partial charge on any atom is -0.465 e. The highest BCUT2D eigenvalue weighted by Gasteiger charge is 2.33. The molecule has 3 N–H and O–H groups in total. The summed E-state index contributed by atoms with van der Waals surface area (Å²) < 4.78 is 5.90. The number of rotatable bonds is 7. The van der Waals surface area contributed by atoms with Crippen molar-refractivity contribution in [1.29, 1.82) is 0 Å². The van der Waals surface area contributed by atoms with Crippen molar-refractivity contribution in [3.05, 3.63) is 65.7 Å². The van der Waals surface area contributed by atoms with Gasteiger partial charge in [-0.1, -0.05) is 18.2 Å². The number of aromatic nitrogens is 1. The molecule has 1 heterocycles. The van der Waals surface area contributed by atoms with Gasteiger partial charge < -0.3 is 20.5 Å². The molecule has 1 aliphatic rings. The lowest BCUT2D eigenvalue weighted by Crippen LogP contribution is -2.28. The smallest absolute Gasteiger partial charge is 0.405 e. The van der Waals surface area contributed by atoms with E-state index in [-0.39, 0.29) is 18.0 Å². The molecule has 0 spiro atoms. The van der Waals surface area contributed by atoms with Gasteiger partial charge in [-0.05, 0) is 67.1 Å². The summed E-state index contributed by atoms with van der Waals surface area (Å²) in [6, 6.07) is 16.8. The van der Waals surface area contributed by atoms with E-state index < -0.39 is 6.09 Å². The second-order valence-corrected chi connectivity index (χ2v) is 7.96. The molecule has 0 aliphatic heterocycles. The minimum atomic E-state index is -1.01. The van der Waals surface area contributed by atoms with Crippen LogP contribution in [-0.2, 0) is 4.79 Å². The Hall–Kier alpha value is -3.61. The van der Waals surface area contributed by atoms with E-state index in [1.54, 1.807) is 0 Å². The Kier molecular flexibility index (Phi) is 5.75. The number of hydrogen-bond donors (Lipinski definition) is 3. The van der Waals surface area contributed by atoms with Gasteiger partial charge in [0.2, 0.25) is 11.8 Å². The number of amides is 2. The van der Waals surface area contributed by atoms with Crippen molar-refractivity contribution < 1.29 is 19.4 Å². The summed E-state index contributed by atoms with van der Waals surface area (Å²) in [5.74, 6) is 1.41. The van der Waals surface area contributed by atoms with E-state index in [1.807, 2.05) is 61.5 Å². The van der Waals surface area contributed by atoms with Crippen molar-refractivity contribution in [2.24, 2.45) is 5.92 Å². The van der Waals surface area contributed by atoms with E-state index in [4.69, 9.17) is 9.84 Å². The lowest BCUT2D eigenvalue weighted by atomic mass is 10.0. The standard InChI is InChI=1S/C24H25N3O4/c1-14(25-15(2)28)18-7-11-21-19(13-18)8-12-22(26-21)31-20-9-5-17(6-10-20)23(16-3-4-16)27-24(29)30/h5-14,16,23,27H,3-4H2,1-2H3,(H,25,28)(H,29,30). The van der Waals surface area contributed by atoms with E-state index >= 15 is 0 Å². The molecule has 1 aliphatic carbocycles. The number of benzene rings is 2. The molecule has 7 heteroatoms. The highest BCUT2D eigenvalue weighted by atomic mass is 16.5. The molecule has 31 heavy (non-hydrogen) atoms. The van der Waals surface area contributed by atoms with Gasteiger partial charge in [0.25, 0.3) is 0 Å². The molecule has 2 amide bonds. The average molecular weight is 419 g/mol. The SMILES string of the molecule is CC(=O)NC(C)c1ccc2nc(Oc3ccc(C(NC(=O)O)C4CC4)cc3)ccc2c1. The summed E-state index contributed by atoms with van der Waals surface area (Å²) >= 11 is 0. The molecular formula is C24H25N3O4. The number of carbonyl (C=O) groups is 2. The molecule has 1 fully saturated rings. The molecule has 160 valence electrons. The van der Waals surface area contributed by atoms with Crippen LogP contribution in [-0.4, -0.2) is 22.1 Å². The minimum absolute atomic E-state index is 0.0670. The maximum absolute atomic E-state index is 11.3. The third-order valence-corrected chi connectivity index (χ3v) is 5.44. The zero-order chi connectivity index (χ0) is 22.0. The first kappa shape index (κ1) is 20.7. The number of nitrogens with zero attached hydrogens (tertiary/aromatic N) is 1. The zero-order valence-electron chi connectivity index (χ0n) is 17.5. The molecule has 4 rings (SSSR count). The summed E-state index contributed by atoms with van der Waals surface area (Å²) in [7, 11) is 0. The van der Waals surface area contributed by atoms with Crippen molar-refractivity contribution in [1.82, 2.24) is 15.6 Å². The summed E-state index contributed by atoms with van der Waals surface area (Å²) in [6.45, 7) is 3.45. The van der Waals surface area contributed by atoms with Crippen molar-refractivity contribution in [2.45, 2.75) is 38.8 Å². The van der Waals surface area contributed by atoms with E-state index in [2.05, 4.69) is 15.6 Å². The Morgan fingerprint density at radius 3 is 2.39 bits per heavy atom. The van der Waals surface area contributed by atoms with Crippen LogP contribution in [0.4, 0.5) is 4.79 Å².